The molecule has 4 N–H and O–H groups in total. The van der Waals surface area contributed by atoms with Gasteiger partial charge in [0.2, 0.25) is 0 Å². The molecule has 6 nitrogen and oxygen atoms in total. The Balaban J connectivity index is 3.56. The summed E-state index contributed by atoms with van der Waals surface area (Å²) in [7, 11) is 3.23. The molecule has 2 atom stereocenters. The molecule has 0 aromatic heterocycles. The summed E-state index contributed by atoms with van der Waals surface area (Å²) >= 11 is 0. The van der Waals surface area contributed by atoms with E-state index in [0.29, 0.717) is 26.1 Å². The summed E-state index contributed by atoms with van der Waals surface area (Å²) in [6.45, 7) is 4.71. The van der Waals surface area contributed by atoms with Crippen molar-refractivity contribution in [1.29, 1.82) is 0 Å². The van der Waals surface area contributed by atoms with Gasteiger partial charge in [-0.2, -0.15) is 0 Å². The molecule has 8 heteroatoms. The Morgan fingerprint density at radius 1 is 0.864 bits per heavy atom. The van der Waals surface area contributed by atoms with Crippen LogP contribution in [0.25, 0.3) is 0 Å². The number of nitrogens with two attached hydrogens (primary N) is 2. The summed E-state index contributed by atoms with van der Waals surface area (Å²) in [6, 6.07) is -1.13. The predicted octanol–water partition coefficient (Wildman–Crippen LogP) is 1.71. The molecule has 0 saturated carbocycles. The Morgan fingerprint density at radius 2 is 1.23 bits per heavy atom. The summed E-state index contributed by atoms with van der Waals surface area (Å²) in [6.07, 6.45) is 2.74. The second-order valence-electron chi connectivity index (χ2n) is 4.77. The molecule has 0 aromatic rings. The molecule has 0 heterocycles. The summed E-state index contributed by atoms with van der Waals surface area (Å²) < 4.78 is 9.95. The van der Waals surface area contributed by atoms with Gasteiger partial charge in [-0.05, 0) is 25.7 Å². The quantitative estimate of drug-likeness (QED) is 0.293. The molecule has 0 rings (SSSR count). The molecule has 0 aliphatic rings. The molecular weight excluding hydrogens is 324 g/mol. The minimum Gasteiger partial charge on any atom is -0.465 e. The first-order chi connectivity index (χ1) is 10.5. The fourth-order valence-corrected chi connectivity index (χ4v) is 3.54. The molecule has 0 unspecified atom stereocenters. The second kappa shape index (κ2) is 14.2. The van der Waals surface area contributed by atoms with Crippen molar-refractivity contribution in [3.63, 3.8) is 0 Å². The highest BCUT2D eigenvalue weighted by Crippen LogP contribution is 2.23. The van der Waals surface area contributed by atoms with Crippen molar-refractivity contribution in [3.05, 3.63) is 0 Å². The Labute approximate surface area is 140 Å². The third kappa shape index (κ3) is 11.2. The van der Waals surface area contributed by atoms with Crippen LogP contribution < -0.4 is 11.5 Å². The maximum absolute atomic E-state index is 11.4. The minimum atomic E-state index is -0.564. The van der Waals surface area contributed by atoms with E-state index in [-0.39, 0.29) is 11.9 Å². The zero-order valence-corrected chi connectivity index (χ0v) is 15.0. The maximum atomic E-state index is 11.4. The van der Waals surface area contributed by atoms with Crippen molar-refractivity contribution in [2.24, 2.45) is 11.5 Å². The van der Waals surface area contributed by atoms with E-state index in [0.717, 1.165) is 24.3 Å². The van der Waals surface area contributed by atoms with Gasteiger partial charge in [0.25, 0.3) is 0 Å². The van der Waals surface area contributed by atoms with Gasteiger partial charge in [0.15, 0.2) is 0 Å². The predicted molar refractivity (Wildman–Crippen MR) is 92.6 cm³/mol. The van der Waals surface area contributed by atoms with E-state index in [4.69, 9.17) is 20.9 Å². The van der Waals surface area contributed by atoms with Crippen LogP contribution in [0.1, 0.15) is 39.5 Å². The maximum Gasteiger partial charge on any atom is 0.322 e. The van der Waals surface area contributed by atoms with E-state index in [1.807, 2.05) is 13.8 Å². The fourth-order valence-electron chi connectivity index (χ4n) is 1.32. The molecule has 0 fully saturated rings. The van der Waals surface area contributed by atoms with E-state index in [9.17, 15) is 9.59 Å². The van der Waals surface area contributed by atoms with Gasteiger partial charge in [-0.1, -0.05) is 35.4 Å². The highest BCUT2D eigenvalue weighted by molar-refractivity contribution is 8.76. The molecule has 130 valence electrons. The van der Waals surface area contributed by atoms with Crippen molar-refractivity contribution in [2.75, 3.05) is 24.7 Å². The molecule has 0 aromatic carbocycles. The lowest BCUT2D eigenvalue weighted by Gasteiger charge is -2.11. The lowest BCUT2D eigenvalue weighted by molar-refractivity contribution is -0.146. The number of hydrogen-bond acceptors (Lipinski definition) is 8. The summed E-state index contributed by atoms with van der Waals surface area (Å²) in [5, 5.41) is 0. The molecule has 0 amide bonds. The zero-order valence-electron chi connectivity index (χ0n) is 13.4. The van der Waals surface area contributed by atoms with Gasteiger partial charge >= 0.3 is 11.9 Å². The summed E-state index contributed by atoms with van der Waals surface area (Å²) in [5.74, 6) is 0.826. The third-order valence-corrected chi connectivity index (χ3v) is 5.08. The first-order valence-corrected chi connectivity index (χ1v) is 10.1. The molecule has 0 bridgehead atoms. The first-order valence-electron chi connectivity index (χ1n) is 7.61. The van der Waals surface area contributed by atoms with Crippen molar-refractivity contribution in [1.82, 2.24) is 0 Å². The van der Waals surface area contributed by atoms with Gasteiger partial charge in [-0.3, -0.25) is 9.59 Å². The van der Waals surface area contributed by atoms with Crippen LogP contribution in [0.5, 0.6) is 0 Å². The molecule has 0 spiro atoms. The Kier molecular flexibility index (Phi) is 13.9. The lowest BCUT2D eigenvalue weighted by atomic mass is 10.2. The van der Waals surface area contributed by atoms with Crippen molar-refractivity contribution >= 4 is 33.5 Å². The Hall–Kier alpha value is -0.440. The monoisotopic (exact) mass is 352 g/mol. The van der Waals surface area contributed by atoms with E-state index in [2.05, 4.69) is 0 Å². The summed E-state index contributed by atoms with van der Waals surface area (Å²) in [4.78, 5) is 22.9. The molecule has 0 saturated heterocycles. The van der Waals surface area contributed by atoms with Crippen LogP contribution in [-0.2, 0) is 19.1 Å². The largest absolute Gasteiger partial charge is 0.465 e. The Morgan fingerprint density at radius 3 is 1.55 bits per heavy atom. The average molecular weight is 353 g/mol. The van der Waals surface area contributed by atoms with Crippen LogP contribution in [0.2, 0.25) is 0 Å². The van der Waals surface area contributed by atoms with Crippen LogP contribution in [-0.4, -0.2) is 48.7 Å². The van der Waals surface area contributed by atoms with Gasteiger partial charge in [0.1, 0.15) is 12.1 Å². The van der Waals surface area contributed by atoms with Crippen LogP contribution in [0.4, 0.5) is 0 Å². The smallest absolute Gasteiger partial charge is 0.322 e. The molecule has 0 aliphatic heterocycles. The van der Waals surface area contributed by atoms with E-state index >= 15 is 0 Å². The van der Waals surface area contributed by atoms with Gasteiger partial charge < -0.3 is 20.9 Å². The zero-order chi connectivity index (χ0) is 16.8. The first kappa shape index (κ1) is 21.6. The van der Waals surface area contributed by atoms with E-state index in [1.54, 1.807) is 21.6 Å². The summed E-state index contributed by atoms with van der Waals surface area (Å²) in [5.41, 5.74) is 11.5. The van der Waals surface area contributed by atoms with Crippen molar-refractivity contribution in [3.8, 4) is 0 Å². The highest BCUT2D eigenvalue weighted by atomic mass is 33.1. The van der Waals surface area contributed by atoms with Crippen molar-refractivity contribution in [2.45, 2.75) is 51.6 Å². The van der Waals surface area contributed by atoms with Crippen LogP contribution >= 0.6 is 21.6 Å². The molecule has 0 aliphatic carbocycles. The highest BCUT2D eigenvalue weighted by Gasteiger charge is 2.15. The topological polar surface area (TPSA) is 105 Å². The van der Waals surface area contributed by atoms with Gasteiger partial charge in [-0.25, -0.2) is 0 Å². The molecule has 0 radical (unpaired) electrons. The number of carbonyl (C=O) groups excluding carboxylic acids is 2. The standard InChI is InChI=1S/C14H28N2O4S2/c1-3-7-19-13(17)11(15)5-9-21-22-10-6-12(16)14(18)20-8-4-2/h11-12H,3-10,15-16H2,1-2H3/t11-,12-/m0/s1. The molecular formula is C14H28N2O4S2. The van der Waals surface area contributed by atoms with Gasteiger partial charge in [-0.15, -0.1) is 0 Å². The molecule has 22 heavy (non-hydrogen) atoms. The van der Waals surface area contributed by atoms with E-state index in [1.165, 1.54) is 0 Å². The normalized spacial score (nSPS) is 13.5. The van der Waals surface area contributed by atoms with Crippen LogP contribution in [0.15, 0.2) is 0 Å². The third-order valence-electron chi connectivity index (χ3n) is 2.61. The van der Waals surface area contributed by atoms with Gasteiger partial charge in [0, 0.05) is 11.5 Å². The van der Waals surface area contributed by atoms with Crippen LogP contribution in [0, 0.1) is 0 Å². The fraction of sp³-hybridized carbons (Fsp3) is 0.857. The number of esters is 2. The number of rotatable bonds is 13. The average Bonchev–Trinajstić information content (AvgIpc) is 2.52. The number of hydrogen-bond donors (Lipinski definition) is 2. The second-order valence-corrected chi connectivity index (χ2v) is 7.47. The minimum absolute atomic E-state index is 0.340. The van der Waals surface area contributed by atoms with Crippen molar-refractivity contribution < 1.29 is 19.1 Å². The van der Waals surface area contributed by atoms with E-state index < -0.39 is 12.1 Å². The van der Waals surface area contributed by atoms with Crippen LogP contribution in [0.3, 0.4) is 0 Å². The SMILES string of the molecule is CCCOC(=O)[C@@H](N)CCSSCC[C@H](N)C(=O)OCCC. The van der Waals surface area contributed by atoms with Gasteiger partial charge in [0.05, 0.1) is 13.2 Å². The number of ether oxygens (including phenoxy) is 2. The number of carbonyl (C=O) groups is 2. The Bertz CT molecular complexity index is 289. The lowest BCUT2D eigenvalue weighted by Crippen LogP contribution is -2.33.